The van der Waals surface area contributed by atoms with Crippen molar-refractivity contribution in [2.75, 3.05) is 0 Å². The molecule has 0 aliphatic carbocycles. The fraction of sp³-hybridized carbons (Fsp3) is 0. The minimum Gasteiger partial charge on any atom is -0.395 e. The second-order valence-corrected chi connectivity index (χ2v) is 5.42. The Kier molecular flexibility index (Phi) is 4.68. The third-order valence-electron chi connectivity index (χ3n) is 2.69. The van der Waals surface area contributed by atoms with Crippen molar-refractivity contribution in [3.63, 3.8) is 0 Å². The van der Waals surface area contributed by atoms with Crippen LogP contribution in [0.25, 0.3) is 0 Å². The van der Waals surface area contributed by atoms with Crippen LogP contribution in [0.4, 0.5) is 0 Å². The number of halogens is 1. The van der Waals surface area contributed by atoms with Crippen LogP contribution in [0.15, 0.2) is 66.4 Å². The zero-order valence-electron chi connectivity index (χ0n) is 10.5. The van der Waals surface area contributed by atoms with Gasteiger partial charge in [-0.3, -0.25) is 9.59 Å². The van der Waals surface area contributed by atoms with Crippen LogP contribution in [0.3, 0.4) is 0 Å². The van der Waals surface area contributed by atoms with Crippen molar-refractivity contribution in [2.45, 2.75) is 0 Å². The highest BCUT2D eigenvalue weighted by Gasteiger charge is 2.11. The quantitative estimate of drug-likeness (QED) is 0.506. The summed E-state index contributed by atoms with van der Waals surface area (Å²) in [4.78, 5) is 24.1. The van der Waals surface area contributed by atoms with Crippen LogP contribution in [0.1, 0.15) is 20.7 Å². The lowest BCUT2D eigenvalue weighted by Gasteiger charge is -2.02. The van der Waals surface area contributed by atoms with Gasteiger partial charge in [0.25, 0.3) is 0 Å². The van der Waals surface area contributed by atoms with E-state index in [1.54, 1.807) is 42.5 Å². The maximum absolute atomic E-state index is 12.1. The first-order chi connectivity index (χ1) is 9.58. The third-order valence-corrected chi connectivity index (χ3v) is 3.36. The average Bonchev–Trinajstić information content (AvgIpc) is 2.47. The molecule has 3 nitrogen and oxygen atoms in total. The van der Waals surface area contributed by atoms with E-state index in [4.69, 9.17) is 5.73 Å². The standard InChI is InChI=1S/C16H12INO2/c17-13-8-4-7-12(9-13)16(20)14(18)10-15(19)11-5-2-1-3-6-11/h1-10H,18H2. The van der Waals surface area contributed by atoms with E-state index in [1.165, 1.54) is 6.08 Å². The Morgan fingerprint density at radius 1 is 0.950 bits per heavy atom. The molecular weight excluding hydrogens is 365 g/mol. The molecule has 2 aromatic rings. The van der Waals surface area contributed by atoms with E-state index in [2.05, 4.69) is 22.6 Å². The van der Waals surface area contributed by atoms with E-state index in [0.717, 1.165) is 3.57 Å². The number of nitrogens with two attached hydrogens (primary N) is 1. The predicted molar refractivity (Wildman–Crippen MR) is 86.5 cm³/mol. The second kappa shape index (κ2) is 6.47. The van der Waals surface area contributed by atoms with Crippen molar-refractivity contribution >= 4 is 34.2 Å². The lowest BCUT2D eigenvalue weighted by molar-refractivity contribution is 0.101. The Morgan fingerprint density at radius 3 is 2.25 bits per heavy atom. The summed E-state index contributed by atoms with van der Waals surface area (Å²) in [5.41, 5.74) is 6.65. The molecule has 100 valence electrons. The topological polar surface area (TPSA) is 60.2 Å². The van der Waals surface area contributed by atoms with Crippen LogP contribution >= 0.6 is 22.6 Å². The van der Waals surface area contributed by atoms with Gasteiger partial charge >= 0.3 is 0 Å². The van der Waals surface area contributed by atoms with Gasteiger partial charge in [0, 0.05) is 20.8 Å². The molecule has 0 atom stereocenters. The molecule has 0 aromatic heterocycles. The maximum atomic E-state index is 12.1. The number of rotatable bonds is 4. The van der Waals surface area contributed by atoms with Crippen molar-refractivity contribution in [1.82, 2.24) is 0 Å². The Hall–Kier alpha value is -1.95. The van der Waals surface area contributed by atoms with Crippen LogP contribution in [-0.2, 0) is 0 Å². The Morgan fingerprint density at radius 2 is 1.60 bits per heavy atom. The number of benzene rings is 2. The van der Waals surface area contributed by atoms with E-state index in [0.29, 0.717) is 11.1 Å². The summed E-state index contributed by atoms with van der Waals surface area (Å²) >= 11 is 2.12. The Bertz CT molecular complexity index is 678. The molecule has 0 heterocycles. The minimum absolute atomic E-state index is 0.0548. The summed E-state index contributed by atoms with van der Waals surface area (Å²) in [5, 5.41) is 0. The number of hydrogen-bond donors (Lipinski definition) is 1. The molecule has 0 fully saturated rings. The van der Waals surface area contributed by atoms with Gasteiger partial charge in [-0.05, 0) is 34.7 Å². The SMILES string of the molecule is NC(=CC(=O)c1ccccc1)C(=O)c1cccc(I)c1. The summed E-state index contributed by atoms with van der Waals surface area (Å²) in [7, 11) is 0. The zero-order valence-corrected chi connectivity index (χ0v) is 12.7. The molecule has 0 saturated heterocycles. The van der Waals surface area contributed by atoms with Gasteiger partial charge in [-0.25, -0.2) is 0 Å². The van der Waals surface area contributed by atoms with Crippen molar-refractivity contribution in [3.8, 4) is 0 Å². The number of ketones is 2. The number of allylic oxidation sites excluding steroid dienone is 2. The van der Waals surface area contributed by atoms with Gasteiger partial charge in [0.1, 0.15) is 0 Å². The number of Topliss-reactive ketones (excluding diaryl/α,β-unsaturated/α-hetero) is 1. The van der Waals surface area contributed by atoms with Crippen LogP contribution in [0, 0.1) is 3.57 Å². The molecule has 0 spiro atoms. The second-order valence-electron chi connectivity index (χ2n) is 4.17. The van der Waals surface area contributed by atoms with Crippen LogP contribution in [-0.4, -0.2) is 11.6 Å². The van der Waals surface area contributed by atoms with Crippen molar-refractivity contribution in [3.05, 3.63) is 81.1 Å². The van der Waals surface area contributed by atoms with Crippen molar-refractivity contribution < 1.29 is 9.59 Å². The molecule has 0 aliphatic heterocycles. The highest BCUT2D eigenvalue weighted by atomic mass is 127. The summed E-state index contributed by atoms with van der Waals surface area (Å²) in [6.45, 7) is 0. The Labute approximate surface area is 130 Å². The molecule has 0 saturated carbocycles. The molecule has 2 rings (SSSR count). The first kappa shape index (κ1) is 14.5. The van der Waals surface area contributed by atoms with Gasteiger partial charge in [-0.2, -0.15) is 0 Å². The summed E-state index contributed by atoms with van der Waals surface area (Å²) in [6, 6.07) is 15.8. The fourth-order valence-corrected chi connectivity index (χ4v) is 2.23. The number of carbonyl (C=O) groups excluding carboxylic acids is 2. The van der Waals surface area contributed by atoms with Gasteiger partial charge in [0.2, 0.25) is 5.78 Å². The van der Waals surface area contributed by atoms with Gasteiger partial charge < -0.3 is 5.73 Å². The summed E-state index contributed by atoms with van der Waals surface area (Å²) in [5.74, 6) is -0.616. The van der Waals surface area contributed by atoms with Crippen molar-refractivity contribution in [2.24, 2.45) is 5.73 Å². The molecule has 2 aromatic carbocycles. The third kappa shape index (κ3) is 3.54. The van der Waals surface area contributed by atoms with Gasteiger partial charge in [0.15, 0.2) is 5.78 Å². The van der Waals surface area contributed by atoms with Crippen LogP contribution < -0.4 is 5.73 Å². The highest BCUT2D eigenvalue weighted by molar-refractivity contribution is 14.1. The van der Waals surface area contributed by atoms with E-state index in [1.807, 2.05) is 12.1 Å². The van der Waals surface area contributed by atoms with Gasteiger partial charge in [0.05, 0.1) is 5.70 Å². The molecule has 0 radical (unpaired) electrons. The number of hydrogen-bond acceptors (Lipinski definition) is 3. The largest absolute Gasteiger partial charge is 0.395 e. The number of carbonyl (C=O) groups is 2. The van der Waals surface area contributed by atoms with Gasteiger partial charge in [-0.15, -0.1) is 0 Å². The lowest BCUT2D eigenvalue weighted by atomic mass is 10.1. The van der Waals surface area contributed by atoms with E-state index in [-0.39, 0.29) is 17.3 Å². The minimum atomic E-state index is -0.340. The zero-order chi connectivity index (χ0) is 14.5. The fourth-order valence-electron chi connectivity index (χ4n) is 1.69. The maximum Gasteiger partial charge on any atom is 0.208 e. The normalized spacial score (nSPS) is 11.2. The first-order valence-electron chi connectivity index (χ1n) is 5.95. The lowest BCUT2D eigenvalue weighted by Crippen LogP contribution is -2.14. The Balaban J connectivity index is 2.23. The summed E-state index contributed by atoms with van der Waals surface area (Å²) < 4.78 is 0.940. The smallest absolute Gasteiger partial charge is 0.208 e. The van der Waals surface area contributed by atoms with E-state index < -0.39 is 0 Å². The molecule has 20 heavy (non-hydrogen) atoms. The predicted octanol–water partition coefficient (Wildman–Crippen LogP) is 3.20. The van der Waals surface area contributed by atoms with E-state index >= 15 is 0 Å². The van der Waals surface area contributed by atoms with Crippen LogP contribution in [0.5, 0.6) is 0 Å². The highest BCUT2D eigenvalue weighted by Crippen LogP contribution is 2.11. The molecular formula is C16H12INO2. The molecule has 0 bridgehead atoms. The molecule has 0 unspecified atom stereocenters. The summed E-state index contributed by atoms with van der Waals surface area (Å²) in [6.07, 6.45) is 1.18. The molecule has 0 amide bonds. The molecule has 4 heteroatoms. The van der Waals surface area contributed by atoms with Crippen LogP contribution in [0.2, 0.25) is 0 Å². The molecule has 2 N–H and O–H groups in total. The van der Waals surface area contributed by atoms with E-state index in [9.17, 15) is 9.59 Å². The first-order valence-corrected chi connectivity index (χ1v) is 7.02. The molecule has 0 aliphatic rings. The van der Waals surface area contributed by atoms with Crippen molar-refractivity contribution in [1.29, 1.82) is 0 Å². The average molecular weight is 377 g/mol. The van der Waals surface area contributed by atoms with Gasteiger partial charge in [-0.1, -0.05) is 42.5 Å². The monoisotopic (exact) mass is 377 g/mol.